The lowest BCUT2D eigenvalue weighted by molar-refractivity contribution is 0.0985. The summed E-state index contributed by atoms with van der Waals surface area (Å²) in [4.78, 5) is 22.2. The largest absolute Gasteiger partial charge is 0.377 e. The number of ether oxygens (including phenoxy) is 1. The normalized spacial score (nSPS) is 16.2. The Bertz CT molecular complexity index is 1310. The highest BCUT2D eigenvalue weighted by molar-refractivity contribution is 5.91. The molecule has 1 saturated heterocycles. The number of hydrogen-bond donors (Lipinski definition) is 1. The molecular formula is C26H36N8O. The number of H-pyrrole nitrogens is 1. The van der Waals surface area contributed by atoms with Crippen LogP contribution in [0.5, 0.6) is 0 Å². The molecule has 0 aliphatic carbocycles. The number of nitrogens with one attached hydrogen (secondary N) is 1. The molecule has 0 spiro atoms. The molecule has 9 nitrogen and oxygen atoms in total. The van der Waals surface area contributed by atoms with Crippen molar-refractivity contribution >= 4 is 16.9 Å². The van der Waals surface area contributed by atoms with Gasteiger partial charge in [0.1, 0.15) is 11.5 Å². The van der Waals surface area contributed by atoms with Crippen molar-refractivity contribution in [2.75, 3.05) is 45.3 Å². The van der Waals surface area contributed by atoms with Crippen LogP contribution in [-0.4, -0.2) is 81.1 Å². The van der Waals surface area contributed by atoms with Gasteiger partial charge in [0.05, 0.1) is 37.2 Å². The van der Waals surface area contributed by atoms with Gasteiger partial charge in [-0.15, -0.1) is 0 Å². The van der Waals surface area contributed by atoms with Gasteiger partial charge in [0.25, 0.3) is 0 Å². The summed E-state index contributed by atoms with van der Waals surface area (Å²) in [7, 11) is 4.16. The van der Waals surface area contributed by atoms with Gasteiger partial charge < -0.3 is 19.5 Å². The highest BCUT2D eigenvalue weighted by Crippen LogP contribution is 2.33. The van der Waals surface area contributed by atoms with Gasteiger partial charge in [-0.1, -0.05) is 7.43 Å². The zero-order valence-electron chi connectivity index (χ0n) is 20.5. The van der Waals surface area contributed by atoms with Crippen molar-refractivity contribution in [1.82, 2.24) is 34.6 Å². The molecule has 4 aromatic rings. The fourth-order valence-electron chi connectivity index (χ4n) is 4.63. The number of aromatic amines is 1. The molecule has 0 saturated carbocycles. The second kappa shape index (κ2) is 10.1. The minimum absolute atomic E-state index is 0. The third-order valence-corrected chi connectivity index (χ3v) is 6.47. The maximum absolute atomic E-state index is 5.68. The average molecular weight is 477 g/mol. The van der Waals surface area contributed by atoms with Crippen LogP contribution in [0.25, 0.3) is 33.7 Å². The van der Waals surface area contributed by atoms with E-state index in [-0.39, 0.29) is 13.5 Å². The number of nitrogens with zero attached hydrogens (tertiary/aromatic N) is 7. The Kier molecular flexibility index (Phi) is 7.18. The third-order valence-electron chi connectivity index (χ3n) is 6.47. The van der Waals surface area contributed by atoms with Crippen molar-refractivity contribution in [2.24, 2.45) is 0 Å². The van der Waals surface area contributed by atoms with Crippen molar-refractivity contribution in [3.05, 3.63) is 42.0 Å². The van der Waals surface area contributed by atoms with Gasteiger partial charge in [0.15, 0.2) is 5.82 Å². The maximum atomic E-state index is 5.68. The average Bonchev–Trinajstić information content (AvgIpc) is 3.41. The number of anilines is 1. The first kappa shape index (κ1) is 24.8. The van der Waals surface area contributed by atoms with Crippen LogP contribution < -0.4 is 4.90 Å². The molecular weight excluding hydrogens is 440 g/mol. The van der Waals surface area contributed by atoms with Gasteiger partial charge in [0.2, 0.25) is 0 Å². The van der Waals surface area contributed by atoms with Crippen LogP contribution in [0, 0.1) is 13.8 Å². The van der Waals surface area contributed by atoms with Gasteiger partial charge in [-0.05, 0) is 47.0 Å². The molecule has 1 aliphatic rings. The molecule has 1 atom stereocenters. The Morgan fingerprint density at radius 2 is 2.03 bits per heavy atom. The summed E-state index contributed by atoms with van der Waals surface area (Å²) in [6.07, 6.45) is 3.70. The Hall–Kier alpha value is -3.30. The topological polar surface area (TPSA) is 88.0 Å². The molecule has 35 heavy (non-hydrogen) atoms. The van der Waals surface area contributed by atoms with E-state index in [1.807, 2.05) is 18.3 Å². The number of morpholine rings is 1. The summed E-state index contributed by atoms with van der Waals surface area (Å²) >= 11 is 0. The number of likely N-dealkylation sites (N-methyl/N-ethyl adjacent to an activating group) is 1. The van der Waals surface area contributed by atoms with Gasteiger partial charge in [-0.25, -0.2) is 15.0 Å². The Morgan fingerprint density at radius 3 is 2.80 bits per heavy atom. The van der Waals surface area contributed by atoms with Crippen LogP contribution in [0.1, 0.15) is 25.7 Å². The standard InChI is InChI=1S/C25H32N8O.CH4/c1-16-15-34-13-12-32(16)22-14-21(23-17(2)30-33(18(23)3)11-10-31(4)5)28-25(29-22)20-7-9-27-24-19(20)6-8-26-24;/h6-9,14,16H,10-13,15H2,1-5H3,(H,26,27);1H4/t16-;/m1./s1. The van der Waals surface area contributed by atoms with Crippen LogP contribution in [-0.2, 0) is 11.3 Å². The van der Waals surface area contributed by atoms with Crippen molar-refractivity contribution in [1.29, 1.82) is 0 Å². The summed E-state index contributed by atoms with van der Waals surface area (Å²) in [5.74, 6) is 1.61. The minimum Gasteiger partial charge on any atom is -0.377 e. The summed E-state index contributed by atoms with van der Waals surface area (Å²) in [6.45, 7) is 10.3. The second-order valence-corrected chi connectivity index (χ2v) is 9.22. The Balaban J connectivity index is 0.00000289. The van der Waals surface area contributed by atoms with Crippen LogP contribution in [0.4, 0.5) is 5.82 Å². The van der Waals surface area contributed by atoms with E-state index < -0.39 is 0 Å². The van der Waals surface area contributed by atoms with Gasteiger partial charge >= 0.3 is 0 Å². The van der Waals surface area contributed by atoms with E-state index in [4.69, 9.17) is 19.8 Å². The summed E-state index contributed by atoms with van der Waals surface area (Å²) in [5.41, 5.74) is 5.85. The maximum Gasteiger partial charge on any atom is 0.162 e. The third kappa shape index (κ3) is 4.78. The molecule has 0 bridgehead atoms. The predicted octanol–water partition coefficient (Wildman–Crippen LogP) is 3.92. The number of aryl methyl sites for hydroxylation is 1. The quantitative estimate of drug-likeness (QED) is 0.451. The van der Waals surface area contributed by atoms with E-state index in [2.05, 4.69) is 65.4 Å². The van der Waals surface area contributed by atoms with E-state index in [0.29, 0.717) is 19.0 Å². The molecule has 0 amide bonds. The SMILES string of the molecule is C.Cc1nn(CCN(C)C)c(C)c1-c1cc(N2CCOC[C@H]2C)nc(-c2ccnc3[nH]ccc23)n1. The first-order chi connectivity index (χ1) is 16.4. The van der Waals surface area contributed by atoms with Gasteiger partial charge in [0, 0.05) is 53.8 Å². The predicted molar refractivity (Wildman–Crippen MR) is 141 cm³/mol. The lowest BCUT2D eigenvalue weighted by Crippen LogP contribution is -2.44. The van der Waals surface area contributed by atoms with Gasteiger partial charge in [-0.3, -0.25) is 4.68 Å². The molecule has 4 aromatic heterocycles. The Labute approximate surface area is 207 Å². The number of rotatable bonds is 6. The molecule has 9 heteroatoms. The molecule has 5 rings (SSSR count). The van der Waals surface area contributed by atoms with Crippen molar-refractivity contribution in [3.63, 3.8) is 0 Å². The molecule has 0 aromatic carbocycles. The smallest absolute Gasteiger partial charge is 0.162 e. The summed E-state index contributed by atoms with van der Waals surface area (Å²) < 4.78 is 7.77. The number of hydrogen-bond acceptors (Lipinski definition) is 7. The monoisotopic (exact) mass is 476 g/mol. The van der Waals surface area contributed by atoms with Crippen LogP contribution in [0.2, 0.25) is 0 Å². The molecule has 0 unspecified atom stereocenters. The molecule has 186 valence electrons. The first-order valence-electron chi connectivity index (χ1n) is 11.8. The fraction of sp³-hybridized carbons (Fsp3) is 0.462. The van der Waals surface area contributed by atoms with Crippen molar-refractivity contribution in [3.8, 4) is 22.6 Å². The van der Waals surface area contributed by atoms with Gasteiger partial charge in [-0.2, -0.15) is 5.10 Å². The number of fused-ring (bicyclic) bond motifs is 1. The van der Waals surface area contributed by atoms with Crippen molar-refractivity contribution in [2.45, 2.75) is 40.8 Å². The fourth-order valence-corrected chi connectivity index (χ4v) is 4.63. The lowest BCUT2D eigenvalue weighted by Gasteiger charge is -2.34. The van der Waals surface area contributed by atoms with E-state index >= 15 is 0 Å². The molecule has 1 fully saturated rings. The van der Waals surface area contributed by atoms with Crippen LogP contribution in [0.15, 0.2) is 30.6 Å². The summed E-state index contributed by atoms with van der Waals surface area (Å²) in [5, 5.41) is 5.85. The summed E-state index contributed by atoms with van der Waals surface area (Å²) in [6, 6.07) is 6.36. The second-order valence-electron chi connectivity index (χ2n) is 9.22. The number of aromatic nitrogens is 6. The zero-order valence-corrected chi connectivity index (χ0v) is 20.5. The molecule has 5 heterocycles. The lowest BCUT2D eigenvalue weighted by atomic mass is 10.1. The van der Waals surface area contributed by atoms with E-state index in [9.17, 15) is 0 Å². The van der Waals surface area contributed by atoms with E-state index in [1.165, 1.54) is 0 Å². The van der Waals surface area contributed by atoms with Crippen LogP contribution >= 0.6 is 0 Å². The van der Waals surface area contributed by atoms with Crippen molar-refractivity contribution < 1.29 is 4.74 Å². The highest BCUT2D eigenvalue weighted by Gasteiger charge is 2.24. The zero-order chi connectivity index (χ0) is 23.8. The highest BCUT2D eigenvalue weighted by atomic mass is 16.5. The molecule has 0 radical (unpaired) electrons. The van der Waals surface area contributed by atoms with Crippen LogP contribution in [0.3, 0.4) is 0 Å². The minimum atomic E-state index is 0. The van der Waals surface area contributed by atoms with E-state index in [0.717, 1.165) is 64.7 Å². The molecule has 1 aliphatic heterocycles. The van der Waals surface area contributed by atoms with E-state index in [1.54, 1.807) is 6.20 Å². The Morgan fingerprint density at radius 1 is 1.20 bits per heavy atom. The molecule has 1 N–H and O–H groups in total. The first-order valence-corrected chi connectivity index (χ1v) is 11.8. The number of pyridine rings is 1.